The zero-order chi connectivity index (χ0) is 20.0. The topological polar surface area (TPSA) is 57.2 Å². The van der Waals surface area contributed by atoms with Crippen molar-refractivity contribution in [2.24, 2.45) is 10.8 Å². The van der Waals surface area contributed by atoms with Gasteiger partial charge < -0.3 is 24.1 Å². The SMILES string of the molecule is C=CCOCC1(CO)CCCC(COCC=C)(COCC=C)C1OCC=C. The summed E-state index contributed by atoms with van der Waals surface area (Å²) in [5.41, 5.74) is -0.924. The quantitative estimate of drug-likeness (QED) is 0.329. The molecule has 5 heteroatoms. The summed E-state index contributed by atoms with van der Waals surface area (Å²) in [4.78, 5) is 0. The predicted octanol–water partition coefficient (Wildman–Crippen LogP) is 3.31. The standard InChI is InChI=1S/C22H36O5/c1-5-12-24-17-21(16-23)10-9-11-22(18-25-13-6-2,19-26-14-7-3)20(21)27-15-8-4/h5-8,20,23H,1-4,9-19H2. The molecule has 1 saturated carbocycles. The van der Waals surface area contributed by atoms with Gasteiger partial charge in [0, 0.05) is 10.8 Å². The van der Waals surface area contributed by atoms with Gasteiger partial charge in [-0.05, 0) is 12.8 Å². The normalized spacial score (nSPS) is 24.3. The van der Waals surface area contributed by atoms with Crippen LogP contribution in [0.1, 0.15) is 19.3 Å². The first-order chi connectivity index (χ1) is 13.1. The molecule has 1 N–H and O–H groups in total. The second-order valence-electron chi connectivity index (χ2n) is 7.15. The third-order valence-electron chi connectivity index (χ3n) is 5.03. The van der Waals surface area contributed by atoms with E-state index in [9.17, 15) is 5.11 Å². The molecule has 27 heavy (non-hydrogen) atoms. The molecule has 1 rings (SSSR count). The number of hydrogen-bond donors (Lipinski definition) is 1. The Morgan fingerprint density at radius 2 is 1.19 bits per heavy atom. The first-order valence-electron chi connectivity index (χ1n) is 9.54. The maximum absolute atomic E-state index is 10.4. The summed E-state index contributed by atoms with van der Waals surface area (Å²) in [5, 5.41) is 10.4. The van der Waals surface area contributed by atoms with Crippen LogP contribution in [-0.4, -0.2) is 64.1 Å². The van der Waals surface area contributed by atoms with Gasteiger partial charge in [0.1, 0.15) is 0 Å². The second kappa shape index (κ2) is 13.0. The first-order valence-corrected chi connectivity index (χ1v) is 9.54. The maximum atomic E-state index is 10.4. The third-order valence-corrected chi connectivity index (χ3v) is 5.03. The molecular weight excluding hydrogens is 344 g/mol. The fourth-order valence-electron chi connectivity index (χ4n) is 3.95. The van der Waals surface area contributed by atoms with E-state index in [4.69, 9.17) is 18.9 Å². The molecule has 1 aliphatic rings. The summed E-state index contributed by atoms with van der Waals surface area (Å²) < 4.78 is 23.7. The number of aliphatic hydroxyl groups is 1. The highest BCUT2D eigenvalue weighted by Gasteiger charge is 2.55. The van der Waals surface area contributed by atoms with E-state index in [1.54, 1.807) is 24.3 Å². The van der Waals surface area contributed by atoms with Crippen LogP contribution in [0.15, 0.2) is 50.6 Å². The molecule has 154 valence electrons. The molecule has 0 aromatic heterocycles. The van der Waals surface area contributed by atoms with Crippen molar-refractivity contribution in [3.8, 4) is 0 Å². The van der Waals surface area contributed by atoms with Gasteiger partial charge in [-0.1, -0.05) is 30.7 Å². The zero-order valence-electron chi connectivity index (χ0n) is 16.6. The van der Waals surface area contributed by atoms with Gasteiger partial charge in [0.25, 0.3) is 0 Å². The van der Waals surface area contributed by atoms with Crippen LogP contribution in [-0.2, 0) is 18.9 Å². The molecule has 2 unspecified atom stereocenters. The maximum Gasteiger partial charge on any atom is 0.0780 e. The lowest BCUT2D eigenvalue weighted by atomic mass is 9.60. The van der Waals surface area contributed by atoms with Crippen LogP contribution < -0.4 is 0 Å². The van der Waals surface area contributed by atoms with Crippen LogP contribution in [0, 0.1) is 10.8 Å². The molecular formula is C22H36O5. The van der Waals surface area contributed by atoms with Crippen molar-refractivity contribution in [2.45, 2.75) is 25.4 Å². The number of hydrogen-bond acceptors (Lipinski definition) is 5. The van der Waals surface area contributed by atoms with Crippen LogP contribution >= 0.6 is 0 Å². The molecule has 1 aliphatic carbocycles. The lowest BCUT2D eigenvalue weighted by Crippen LogP contribution is -2.59. The van der Waals surface area contributed by atoms with Gasteiger partial charge >= 0.3 is 0 Å². The van der Waals surface area contributed by atoms with E-state index < -0.39 is 10.8 Å². The smallest absolute Gasteiger partial charge is 0.0780 e. The lowest BCUT2D eigenvalue weighted by Gasteiger charge is -2.53. The van der Waals surface area contributed by atoms with Crippen molar-refractivity contribution in [1.29, 1.82) is 0 Å². The first kappa shape index (κ1) is 23.8. The highest BCUT2D eigenvalue weighted by atomic mass is 16.5. The Bertz CT molecular complexity index is 448. The number of aliphatic hydroxyl groups excluding tert-OH is 1. The van der Waals surface area contributed by atoms with E-state index in [0.29, 0.717) is 46.2 Å². The Kier molecular flexibility index (Phi) is 11.5. The van der Waals surface area contributed by atoms with Crippen molar-refractivity contribution >= 4 is 0 Å². The molecule has 0 aromatic carbocycles. The van der Waals surface area contributed by atoms with E-state index in [1.807, 2.05) is 0 Å². The predicted molar refractivity (Wildman–Crippen MR) is 109 cm³/mol. The van der Waals surface area contributed by atoms with Crippen LogP contribution in [0.5, 0.6) is 0 Å². The van der Waals surface area contributed by atoms with Crippen LogP contribution in [0.25, 0.3) is 0 Å². The van der Waals surface area contributed by atoms with Crippen molar-refractivity contribution in [1.82, 2.24) is 0 Å². The van der Waals surface area contributed by atoms with E-state index in [-0.39, 0.29) is 12.7 Å². The lowest BCUT2D eigenvalue weighted by molar-refractivity contribution is -0.206. The van der Waals surface area contributed by atoms with Crippen molar-refractivity contribution in [3.63, 3.8) is 0 Å². The Morgan fingerprint density at radius 1 is 0.741 bits per heavy atom. The molecule has 0 amide bonds. The molecule has 0 aliphatic heterocycles. The fourth-order valence-corrected chi connectivity index (χ4v) is 3.95. The Hall–Kier alpha value is -1.24. The van der Waals surface area contributed by atoms with Crippen LogP contribution in [0.2, 0.25) is 0 Å². The van der Waals surface area contributed by atoms with Crippen LogP contribution in [0.4, 0.5) is 0 Å². The number of ether oxygens (including phenoxy) is 4. The van der Waals surface area contributed by atoms with Gasteiger partial charge in [-0.2, -0.15) is 0 Å². The largest absolute Gasteiger partial charge is 0.396 e. The average molecular weight is 381 g/mol. The average Bonchev–Trinajstić information content (AvgIpc) is 2.68. The molecule has 2 atom stereocenters. The summed E-state index contributed by atoms with van der Waals surface area (Å²) in [5.74, 6) is 0. The Balaban J connectivity index is 3.17. The summed E-state index contributed by atoms with van der Waals surface area (Å²) in [6, 6.07) is 0. The molecule has 0 heterocycles. The monoisotopic (exact) mass is 380 g/mol. The van der Waals surface area contributed by atoms with Crippen LogP contribution in [0.3, 0.4) is 0 Å². The van der Waals surface area contributed by atoms with Crippen molar-refractivity contribution in [2.75, 3.05) is 52.9 Å². The van der Waals surface area contributed by atoms with Gasteiger partial charge in [0.15, 0.2) is 0 Å². The molecule has 0 radical (unpaired) electrons. The second-order valence-corrected chi connectivity index (χ2v) is 7.15. The van der Waals surface area contributed by atoms with E-state index in [2.05, 4.69) is 26.3 Å². The van der Waals surface area contributed by atoms with Gasteiger partial charge in [-0.15, -0.1) is 26.3 Å². The molecule has 1 fully saturated rings. The highest BCUT2D eigenvalue weighted by Crippen LogP contribution is 2.49. The zero-order valence-corrected chi connectivity index (χ0v) is 16.6. The Labute approximate surface area is 164 Å². The highest BCUT2D eigenvalue weighted by molar-refractivity contribution is 5.04. The van der Waals surface area contributed by atoms with E-state index in [1.165, 1.54) is 0 Å². The third kappa shape index (κ3) is 6.70. The minimum atomic E-state index is -0.528. The summed E-state index contributed by atoms with van der Waals surface area (Å²) in [6.07, 6.45) is 9.23. The summed E-state index contributed by atoms with van der Waals surface area (Å²) in [7, 11) is 0. The minimum absolute atomic E-state index is 0.0311. The molecule has 0 bridgehead atoms. The molecule has 0 aromatic rings. The van der Waals surface area contributed by atoms with Crippen molar-refractivity contribution in [3.05, 3.63) is 50.6 Å². The summed E-state index contributed by atoms with van der Waals surface area (Å²) >= 11 is 0. The van der Waals surface area contributed by atoms with E-state index >= 15 is 0 Å². The van der Waals surface area contributed by atoms with Gasteiger partial charge in [-0.3, -0.25) is 0 Å². The molecule has 0 saturated heterocycles. The van der Waals surface area contributed by atoms with Gasteiger partial charge in [0.05, 0.1) is 59.0 Å². The van der Waals surface area contributed by atoms with Crippen molar-refractivity contribution < 1.29 is 24.1 Å². The van der Waals surface area contributed by atoms with Gasteiger partial charge in [0.2, 0.25) is 0 Å². The van der Waals surface area contributed by atoms with E-state index in [0.717, 1.165) is 19.3 Å². The molecule has 0 spiro atoms. The fraction of sp³-hybridized carbons (Fsp3) is 0.636. The summed E-state index contributed by atoms with van der Waals surface area (Å²) in [6.45, 7) is 17.9. The Morgan fingerprint density at radius 3 is 1.63 bits per heavy atom. The number of rotatable bonds is 16. The minimum Gasteiger partial charge on any atom is -0.396 e. The van der Waals surface area contributed by atoms with Gasteiger partial charge in [-0.25, -0.2) is 0 Å². The molecule has 5 nitrogen and oxygen atoms in total.